The second-order valence-electron chi connectivity index (χ2n) is 3.23. The third-order valence-electron chi connectivity index (χ3n) is 1.98. The van der Waals surface area contributed by atoms with Crippen molar-refractivity contribution >= 4 is 17.2 Å². The Morgan fingerprint density at radius 3 is 2.53 bits per heavy atom. The monoisotopic (exact) mass is 259 g/mol. The highest BCUT2D eigenvalue weighted by Crippen LogP contribution is 2.27. The van der Waals surface area contributed by atoms with Gasteiger partial charge in [-0.2, -0.15) is 13.2 Å². The molecule has 90 valence electrons. The van der Waals surface area contributed by atoms with Gasteiger partial charge in [0.2, 0.25) is 0 Å². The van der Waals surface area contributed by atoms with E-state index in [2.05, 4.69) is 15.5 Å². The smallest absolute Gasteiger partial charge is 0.364 e. The number of nitrogens with zero attached hydrogens (tertiary/aromatic N) is 2. The Morgan fingerprint density at radius 2 is 2.00 bits per heavy atom. The standard InChI is InChI=1S/C10H8F3N3S/c11-10(12,13)8-3-4-9(16-15-8)14-6-7-2-1-5-17-7/h1-5H,6H2,(H,14,16). The van der Waals surface area contributed by atoms with Crippen LogP contribution < -0.4 is 5.32 Å². The van der Waals surface area contributed by atoms with Crippen LogP contribution in [-0.4, -0.2) is 10.2 Å². The number of hydrogen-bond acceptors (Lipinski definition) is 4. The summed E-state index contributed by atoms with van der Waals surface area (Å²) in [7, 11) is 0. The molecule has 0 amide bonds. The number of nitrogens with one attached hydrogen (secondary N) is 1. The molecule has 0 aliphatic heterocycles. The fraction of sp³-hybridized carbons (Fsp3) is 0.200. The number of thiophene rings is 1. The number of halogens is 3. The van der Waals surface area contributed by atoms with Crippen molar-refractivity contribution in [2.75, 3.05) is 5.32 Å². The van der Waals surface area contributed by atoms with Crippen LogP contribution in [0.4, 0.5) is 19.0 Å². The van der Waals surface area contributed by atoms with E-state index in [1.807, 2.05) is 17.5 Å². The molecule has 0 saturated heterocycles. The minimum absolute atomic E-state index is 0.325. The van der Waals surface area contributed by atoms with Gasteiger partial charge in [-0.05, 0) is 23.6 Å². The third kappa shape index (κ3) is 3.16. The van der Waals surface area contributed by atoms with Gasteiger partial charge in [-0.15, -0.1) is 21.5 Å². The summed E-state index contributed by atoms with van der Waals surface area (Å²) >= 11 is 1.56. The molecular formula is C10H8F3N3S. The molecule has 0 spiro atoms. The molecule has 0 unspecified atom stereocenters. The highest BCUT2D eigenvalue weighted by atomic mass is 32.1. The molecule has 0 aromatic carbocycles. The first-order chi connectivity index (χ1) is 8.05. The Balaban J connectivity index is 1.99. The van der Waals surface area contributed by atoms with Crippen molar-refractivity contribution in [3.05, 3.63) is 40.2 Å². The molecule has 2 heterocycles. The van der Waals surface area contributed by atoms with E-state index in [4.69, 9.17) is 0 Å². The molecule has 0 saturated carbocycles. The lowest BCUT2D eigenvalue weighted by Crippen LogP contribution is -2.10. The minimum Gasteiger partial charge on any atom is -0.364 e. The van der Waals surface area contributed by atoms with Gasteiger partial charge in [0.05, 0.1) is 6.54 Å². The predicted octanol–water partition coefficient (Wildman–Crippen LogP) is 3.17. The van der Waals surface area contributed by atoms with E-state index in [9.17, 15) is 13.2 Å². The zero-order valence-corrected chi connectivity index (χ0v) is 9.35. The van der Waals surface area contributed by atoms with E-state index >= 15 is 0 Å². The normalized spacial score (nSPS) is 11.5. The summed E-state index contributed by atoms with van der Waals surface area (Å²) in [5.41, 5.74) is -0.987. The lowest BCUT2D eigenvalue weighted by molar-refractivity contribution is -0.141. The molecule has 0 atom stereocenters. The van der Waals surface area contributed by atoms with E-state index in [0.29, 0.717) is 12.4 Å². The summed E-state index contributed by atoms with van der Waals surface area (Å²) in [5.74, 6) is 0.325. The topological polar surface area (TPSA) is 37.8 Å². The Labute approximate surface area is 99.3 Å². The van der Waals surface area contributed by atoms with Crippen molar-refractivity contribution < 1.29 is 13.2 Å². The van der Waals surface area contributed by atoms with Gasteiger partial charge < -0.3 is 5.32 Å². The molecule has 2 aromatic rings. The average molecular weight is 259 g/mol. The van der Waals surface area contributed by atoms with Gasteiger partial charge in [-0.25, -0.2) is 0 Å². The fourth-order valence-electron chi connectivity index (χ4n) is 1.17. The molecule has 2 aromatic heterocycles. The van der Waals surface area contributed by atoms with Crippen molar-refractivity contribution in [2.24, 2.45) is 0 Å². The van der Waals surface area contributed by atoms with Crippen molar-refractivity contribution in [1.82, 2.24) is 10.2 Å². The number of anilines is 1. The molecule has 1 N–H and O–H groups in total. The first-order valence-electron chi connectivity index (χ1n) is 4.73. The molecule has 0 bridgehead atoms. The minimum atomic E-state index is -4.45. The molecule has 2 rings (SSSR count). The highest BCUT2D eigenvalue weighted by Gasteiger charge is 2.32. The molecule has 17 heavy (non-hydrogen) atoms. The number of hydrogen-bond donors (Lipinski definition) is 1. The first-order valence-corrected chi connectivity index (χ1v) is 5.61. The summed E-state index contributed by atoms with van der Waals surface area (Å²) in [5, 5.41) is 11.4. The van der Waals surface area contributed by atoms with Crippen LogP contribution in [0.5, 0.6) is 0 Å². The summed E-state index contributed by atoms with van der Waals surface area (Å²) in [4.78, 5) is 1.08. The van der Waals surface area contributed by atoms with Crippen molar-refractivity contribution in [3.8, 4) is 0 Å². The lowest BCUT2D eigenvalue weighted by Gasteiger charge is -2.06. The van der Waals surface area contributed by atoms with E-state index < -0.39 is 11.9 Å². The van der Waals surface area contributed by atoms with Gasteiger partial charge >= 0.3 is 6.18 Å². The van der Waals surface area contributed by atoms with E-state index in [1.165, 1.54) is 6.07 Å². The van der Waals surface area contributed by atoms with Crippen molar-refractivity contribution in [1.29, 1.82) is 0 Å². The van der Waals surface area contributed by atoms with Crippen LogP contribution in [0.3, 0.4) is 0 Å². The van der Waals surface area contributed by atoms with Crippen LogP contribution in [0, 0.1) is 0 Å². The van der Waals surface area contributed by atoms with Crippen LogP contribution in [-0.2, 0) is 12.7 Å². The fourth-order valence-corrected chi connectivity index (χ4v) is 1.81. The average Bonchev–Trinajstić information content (AvgIpc) is 2.78. The van der Waals surface area contributed by atoms with Gasteiger partial charge in [-0.1, -0.05) is 6.07 Å². The van der Waals surface area contributed by atoms with Crippen LogP contribution >= 0.6 is 11.3 Å². The number of alkyl halides is 3. The predicted molar refractivity (Wildman–Crippen MR) is 58.7 cm³/mol. The Kier molecular flexibility index (Phi) is 3.28. The van der Waals surface area contributed by atoms with Gasteiger partial charge in [-0.3, -0.25) is 0 Å². The van der Waals surface area contributed by atoms with E-state index in [-0.39, 0.29) is 0 Å². The van der Waals surface area contributed by atoms with Crippen LogP contribution in [0.2, 0.25) is 0 Å². The van der Waals surface area contributed by atoms with Crippen molar-refractivity contribution in [2.45, 2.75) is 12.7 Å². The largest absolute Gasteiger partial charge is 0.435 e. The van der Waals surface area contributed by atoms with Crippen LogP contribution in [0.1, 0.15) is 10.6 Å². The Hall–Kier alpha value is -1.63. The zero-order chi connectivity index (χ0) is 12.3. The number of rotatable bonds is 3. The molecule has 0 fully saturated rings. The first kappa shape index (κ1) is 11.8. The molecule has 3 nitrogen and oxygen atoms in total. The van der Waals surface area contributed by atoms with E-state index in [1.54, 1.807) is 11.3 Å². The maximum atomic E-state index is 12.2. The van der Waals surface area contributed by atoms with Gasteiger partial charge in [0.1, 0.15) is 5.82 Å². The summed E-state index contributed by atoms with van der Waals surface area (Å²) in [6, 6.07) is 6.00. The SMILES string of the molecule is FC(F)(F)c1ccc(NCc2cccs2)nn1. The van der Waals surface area contributed by atoms with Gasteiger partial charge in [0, 0.05) is 4.88 Å². The lowest BCUT2D eigenvalue weighted by atomic mass is 10.3. The van der Waals surface area contributed by atoms with Crippen LogP contribution in [0.15, 0.2) is 29.6 Å². The molecule has 0 aliphatic carbocycles. The van der Waals surface area contributed by atoms with Crippen molar-refractivity contribution in [3.63, 3.8) is 0 Å². The maximum Gasteiger partial charge on any atom is 0.435 e. The second kappa shape index (κ2) is 4.70. The van der Waals surface area contributed by atoms with Gasteiger partial charge in [0.25, 0.3) is 0 Å². The molecule has 7 heteroatoms. The number of aromatic nitrogens is 2. The molecular weight excluding hydrogens is 251 g/mol. The zero-order valence-electron chi connectivity index (χ0n) is 8.53. The Morgan fingerprint density at radius 1 is 1.18 bits per heavy atom. The summed E-state index contributed by atoms with van der Waals surface area (Å²) in [6.45, 7) is 0.526. The quantitative estimate of drug-likeness (QED) is 0.920. The molecule has 0 aliphatic rings. The highest BCUT2D eigenvalue weighted by molar-refractivity contribution is 7.09. The van der Waals surface area contributed by atoms with Crippen LogP contribution in [0.25, 0.3) is 0 Å². The second-order valence-corrected chi connectivity index (χ2v) is 4.27. The summed E-state index contributed by atoms with van der Waals surface area (Å²) in [6.07, 6.45) is -4.45. The van der Waals surface area contributed by atoms with E-state index in [0.717, 1.165) is 10.9 Å². The third-order valence-corrected chi connectivity index (χ3v) is 2.86. The summed E-state index contributed by atoms with van der Waals surface area (Å²) < 4.78 is 36.6. The maximum absolute atomic E-state index is 12.2. The molecule has 0 radical (unpaired) electrons. The van der Waals surface area contributed by atoms with Gasteiger partial charge in [0.15, 0.2) is 5.69 Å². The Bertz CT molecular complexity index is 465.